The van der Waals surface area contributed by atoms with Crippen molar-refractivity contribution in [2.24, 2.45) is 0 Å². The van der Waals surface area contributed by atoms with Gasteiger partial charge < -0.3 is 19.9 Å². The number of nitrogens with zero attached hydrogens (tertiary/aromatic N) is 2. The van der Waals surface area contributed by atoms with Crippen molar-refractivity contribution < 1.29 is 19.4 Å². The van der Waals surface area contributed by atoms with Crippen LogP contribution in [-0.4, -0.2) is 40.6 Å². The minimum absolute atomic E-state index is 0.000109. The van der Waals surface area contributed by atoms with Gasteiger partial charge in [0.05, 0.1) is 24.4 Å². The molecule has 1 saturated heterocycles. The fourth-order valence-electron chi connectivity index (χ4n) is 4.96. The summed E-state index contributed by atoms with van der Waals surface area (Å²) in [6.45, 7) is 2.92. The third-order valence-electron chi connectivity index (χ3n) is 7.39. The molecule has 206 valence electrons. The number of hydrogen-bond acceptors (Lipinski definition) is 6. The van der Waals surface area contributed by atoms with Crippen molar-refractivity contribution in [3.63, 3.8) is 0 Å². The van der Waals surface area contributed by atoms with Crippen LogP contribution in [0.1, 0.15) is 64.4 Å². The third kappa shape index (κ3) is 6.81. The first-order valence-electron chi connectivity index (χ1n) is 13.6. The molecule has 1 aliphatic rings. The molecule has 0 radical (unpaired) electrons. The summed E-state index contributed by atoms with van der Waals surface area (Å²) in [5.74, 6) is -0.230. The van der Waals surface area contributed by atoms with Gasteiger partial charge in [0.1, 0.15) is 0 Å². The molecule has 0 saturated carbocycles. The Hall–Kier alpha value is -3.88. The maximum atomic E-state index is 12.7. The third-order valence-corrected chi connectivity index (χ3v) is 7.39. The zero-order chi connectivity index (χ0) is 27.9. The quantitative estimate of drug-likeness (QED) is 0.270. The maximum absolute atomic E-state index is 12.7. The van der Waals surface area contributed by atoms with Crippen LogP contribution in [-0.2, 0) is 16.1 Å². The van der Waals surface area contributed by atoms with Crippen LogP contribution in [0.15, 0.2) is 103 Å². The molecule has 4 atom stereocenters. The fraction of sp³-hybridized carbons (Fsp3) is 0.273. The minimum atomic E-state index is -0.614. The highest BCUT2D eigenvalue weighted by Crippen LogP contribution is 2.39. The summed E-state index contributed by atoms with van der Waals surface area (Å²) in [7, 11) is 2.12. The molecular formula is C33H35N3O4. The van der Waals surface area contributed by atoms with Crippen molar-refractivity contribution in [2.45, 2.75) is 44.5 Å². The number of aromatic nitrogens is 1. The molecule has 2 N–H and O–H groups in total. The zero-order valence-electron chi connectivity index (χ0n) is 22.8. The predicted octanol–water partition coefficient (Wildman–Crippen LogP) is 6.06. The van der Waals surface area contributed by atoms with E-state index in [1.165, 1.54) is 11.8 Å². The van der Waals surface area contributed by atoms with Gasteiger partial charge in [0.15, 0.2) is 6.29 Å². The predicted molar refractivity (Wildman–Crippen MR) is 155 cm³/mol. The Labute approximate surface area is 235 Å². The van der Waals surface area contributed by atoms with E-state index in [4.69, 9.17) is 9.47 Å². The molecule has 0 unspecified atom stereocenters. The summed E-state index contributed by atoms with van der Waals surface area (Å²) in [5.41, 5.74) is 5.11. The summed E-state index contributed by atoms with van der Waals surface area (Å²) >= 11 is 0. The number of nitrogens with one attached hydrogen (secondary N) is 1. The van der Waals surface area contributed by atoms with Gasteiger partial charge in [0, 0.05) is 42.7 Å². The number of benzene rings is 3. The minimum Gasteiger partial charge on any atom is -0.392 e. The number of aliphatic hydroxyl groups is 1. The van der Waals surface area contributed by atoms with Crippen molar-refractivity contribution in [3.05, 3.63) is 131 Å². The van der Waals surface area contributed by atoms with E-state index in [9.17, 15) is 9.90 Å². The lowest BCUT2D eigenvalue weighted by Gasteiger charge is -2.39. The van der Waals surface area contributed by atoms with Gasteiger partial charge in [0.2, 0.25) is 0 Å². The number of hydrogen-bond donors (Lipinski definition) is 2. The molecule has 5 rings (SSSR count). The lowest BCUT2D eigenvalue weighted by molar-refractivity contribution is -0.253. The smallest absolute Gasteiger partial charge is 0.257 e. The van der Waals surface area contributed by atoms with Gasteiger partial charge >= 0.3 is 0 Å². The number of likely N-dealkylation sites (N-methyl/N-ethyl adjacent to an activating group) is 1. The van der Waals surface area contributed by atoms with Crippen LogP contribution < -0.4 is 5.32 Å². The Balaban J connectivity index is 1.36. The standard InChI is InChI=1S/C33H35N3O4/c1-23(25-8-4-3-5-9-25)36(2)21-30-19-31(26-15-13-24(22-37)14-16-26)40-33(39-30)27-10-6-12-29(18-27)35-32(38)28-11-7-17-34-20-28/h3-18,20,23,30-31,33,37H,19,21-22H2,1-2H3,(H,35,38)/t23-,30-,31+,33+/m0/s1. The van der Waals surface area contributed by atoms with E-state index >= 15 is 0 Å². The molecule has 1 fully saturated rings. The lowest BCUT2D eigenvalue weighted by atomic mass is 9.99. The van der Waals surface area contributed by atoms with E-state index in [1.54, 1.807) is 18.3 Å². The van der Waals surface area contributed by atoms with E-state index in [2.05, 4.69) is 53.4 Å². The zero-order valence-corrected chi connectivity index (χ0v) is 22.8. The molecule has 7 nitrogen and oxygen atoms in total. The van der Waals surface area contributed by atoms with Crippen LogP contribution in [0.3, 0.4) is 0 Å². The van der Waals surface area contributed by atoms with Crippen molar-refractivity contribution in [1.29, 1.82) is 0 Å². The van der Waals surface area contributed by atoms with Crippen LogP contribution in [0.5, 0.6) is 0 Å². The molecule has 40 heavy (non-hydrogen) atoms. The second kappa shape index (κ2) is 13.0. The van der Waals surface area contributed by atoms with Gasteiger partial charge in [-0.3, -0.25) is 14.7 Å². The van der Waals surface area contributed by atoms with E-state index in [0.717, 1.165) is 23.2 Å². The Morgan fingerprint density at radius 1 is 1.00 bits per heavy atom. The number of aliphatic hydroxyl groups excluding tert-OH is 1. The molecule has 1 aromatic heterocycles. The molecule has 0 bridgehead atoms. The number of amides is 1. The van der Waals surface area contributed by atoms with E-state index < -0.39 is 6.29 Å². The average molecular weight is 538 g/mol. The highest BCUT2D eigenvalue weighted by molar-refractivity contribution is 6.04. The summed E-state index contributed by atoms with van der Waals surface area (Å²) in [6.07, 6.45) is 2.97. The molecule has 3 aromatic carbocycles. The van der Waals surface area contributed by atoms with Crippen LogP contribution in [0.25, 0.3) is 0 Å². The first-order chi connectivity index (χ1) is 19.5. The monoisotopic (exact) mass is 537 g/mol. The summed E-state index contributed by atoms with van der Waals surface area (Å²) in [4.78, 5) is 19.0. The SMILES string of the molecule is C[C@@H](c1ccccc1)N(C)C[C@@H]1C[C@H](c2ccc(CO)cc2)O[C@H](c2cccc(NC(=O)c3cccnc3)c2)O1. The first-order valence-corrected chi connectivity index (χ1v) is 13.6. The van der Waals surface area contributed by atoms with Crippen LogP contribution >= 0.6 is 0 Å². The van der Waals surface area contributed by atoms with Crippen LogP contribution in [0.2, 0.25) is 0 Å². The average Bonchev–Trinajstić information content (AvgIpc) is 3.01. The normalized spacial score (nSPS) is 19.8. The van der Waals surface area contributed by atoms with E-state index in [1.807, 2.05) is 54.6 Å². The number of carbonyl (C=O) groups is 1. The highest BCUT2D eigenvalue weighted by atomic mass is 16.7. The van der Waals surface area contributed by atoms with Gasteiger partial charge in [-0.1, -0.05) is 66.7 Å². The Morgan fingerprint density at radius 3 is 2.52 bits per heavy atom. The largest absolute Gasteiger partial charge is 0.392 e. The van der Waals surface area contributed by atoms with Crippen molar-refractivity contribution in [3.8, 4) is 0 Å². The van der Waals surface area contributed by atoms with Gasteiger partial charge in [-0.05, 0) is 54.9 Å². The van der Waals surface area contributed by atoms with Crippen molar-refractivity contribution >= 4 is 11.6 Å². The topological polar surface area (TPSA) is 83.9 Å². The second-order valence-corrected chi connectivity index (χ2v) is 10.2. The molecule has 1 aliphatic heterocycles. The van der Waals surface area contributed by atoms with Gasteiger partial charge in [-0.2, -0.15) is 0 Å². The second-order valence-electron chi connectivity index (χ2n) is 10.2. The van der Waals surface area contributed by atoms with E-state index in [0.29, 0.717) is 17.7 Å². The van der Waals surface area contributed by atoms with Crippen molar-refractivity contribution in [1.82, 2.24) is 9.88 Å². The molecule has 0 aliphatic carbocycles. The Bertz CT molecular complexity index is 1380. The molecule has 4 aromatic rings. The molecular weight excluding hydrogens is 502 g/mol. The summed E-state index contributed by atoms with van der Waals surface area (Å²) in [6, 6.07) is 29.6. The Morgan fingerprint density at radius 2 is 1.80 bits per heavy atom. The number of ether oxygens (including phenoxy) is 2. The molecule has 0 spiro atoms. The molecule has 7 heteroatoms. The van der Waals surface area contributed by atoms with Gasteiger partial charge in [0.25, 0.3) is 5.91 Å². The number of carbonyl (C=O) groups excluding carboxylic acids is 1. The number of rotatable bonds is 9. The van der Waals surface area contributed by atoms with Crippen molar-refractivity contribution in [2.75, 3.05) is 18.9 Å². The first kappa shape index (κ1) is 27.7. The summed E-state index contributed by atoms with van der Waals surface area (Å²) < 4.78 is 13.1. The van der Waals surface area contributed by atoms with Crippen LogP contribution in [0, 0.1) is 0 Å². The molecule has 2 heterocycles. The van der Waals surface area contributed by atoms with Gasteiger partial charge in [-0.15, -0.1) is 0 Å². The van der Waals surface area contributed by atoms with Gasteiger partial charge in [-0.25, -0.2) is 0 Å². The highest BCUT2D eigenvalue weighted by Gasteiger charge is 2.33. The van der Waals surface area contributed by atoms with Crippen LogP contribution in [0.4, 0.5) is 5.69 Å². The fourth-order valence-corrected chi connectivity index (χ4v) is 4.96. The summed E-state index contributed by atoms with van der Waals surface area (Å²) in [5, 5.41) is 12.4. The maximum Gasteiger partial charge on any atom is 0.257 e. The number of pyridine rings is 1. The van der Waals surface area contributed by atoms with E-state index in [-0.39, 0.29) is 30.8 Å². The lowest BCUT2D eigenvalue weighted by Crippen LogP contribution is -2.38. The number of anilines is 1. The Kier molecular flexibility index (Phi) is 8.98. The molecule has 1 amide bonds.